The lowest BCUT2D eigenvalue weighted by Gasteiger charge is -2.11. The van der Waals surface area contributed by atoms with Crippen LogP contribution in [-0.2, 0) is 14.4 Å². The van der Waals surface area contributed by atoms with E-state index in [0.29, 0.717) is 4.90 Å². The van der Waals surface area contributed by atoms with Gasteiger partial charge in [0.1, 0.15) is 12.0 Å². The minimum Gasteiger partial charge on any atom is -0.610 e. The average Bonchev–Trinajstić information content (AvgIpc) is 3.20. The van der Waals surface area contributed by atoms with Crippen molar-refractivity contribution in [1.82, 2.24) is 14.5 Å². The molecule has 0 saturated carbocycles. The maximum absolute atomic E-state index is 11.7. The Labute approximate surface area is 151 Å². The quantitative estimate of drug-likeness (QED) is 0.513. The average molecular weight is 367 g/mol. The number of hydrogen-bond acceptors (Lipinski definition) is 5. The summed E-state index contributed by atoms with van der Waals surface area (Å²) in [6.07, 6.45) is 6.72. The summed E-state index contributed by atoms with van der Waals surface area (Å²) in [4.78, 5) is 4.55. The number of rotatable bonds is 3. The van der Waals surface area contributed by atoms with Crippen molar-refractivity contribution in [2.75, 3.05) is 6.26 Å². The number of sulfone groups is 1. The van der Waals surface area contributed by atoms with E-state index in [9.17, 15) is 8.76 Å². The molecule has 132 valence electrons. The predicted molar refractivity (Wildman–Crippen MR) is 98.6 cm³/mol. The van der Waals surface area contributed by atoms with E-state index in [0.717, 1.165) is 39.2 Å². The molecule has 1 atom stereocenters. The van der Waals surface area contributed by atoms with Crippen molar-refractivity contribution in [3.05, 3.63) is 60.5 Å². The van der Waals surface area contributed by atoms with Gasteiger partial charge in [-0.1, -0.05) is 5.16 Å². The molecule has 7 heteroatoms. The number of imidazole rings is 1. The van der Waals surface area contributed by atoms with Crippen molar-refractivity contribution in [2.45, 2.75) is 18.7 Å². The summed E-state index contributed by atoms with van der Waals surface area (Å²) < 4.78 is 30.6. The molecular formula is C19H17N3O3S. The molecule has 3 heterocycles. The standard InChI is InChI=1S/C19H17N3O3S/c1-12-19(13(2)25-21-12)17-8-15(10-22-11-20-9-18(17)22)14-4-6-16(7-5-14)26(3,23)24/h4-11H,1-3H3. The van der Waals surface area contributed by atoms with E-state index in [1.807, 2.05) is 36.6 Å². The Morgan fingerprint density at radius 3 is 2.50 bits per heavy atom. The number of fused-ring (bicyclic) bond motifs is 1. The van der Waals surface area contributed by atoms with E-state index in [2.05, 4.69) is 16.2 Å². The van der Waals surface area contributed by atoms with Crippen molar-refractivity contribution in [3.8, 4) is 22.3 Å². The topological polar surface area (TPSA) is 83.5 Å². The zero-order valence-corrected chi connectivity index (χ0v) is 15.4. The molecule has 0 saturated heterocycles. The number of pyridine rings is 1. The first kappa shape index (κ1) is 16.7. The van der Waals surface area contributed by atoms with Crippen molar-refractivity contribution in [3.63, 3.8) is 0 Å². The minimum atomic E-state index is -3.22. The van der Waals surface area contributed by atoms with Crippen molar-refractivity contribution in [1.29, 1.82) is 0 Å². The first-order chi connectivity index (χ1) is 12.3. The third-order valence-corrected chi connectivity index (χ3v) is 5.57. The fraction of sp³-hybridized carbons (Fsp3) is 0.158. The predicted octanol–water partition coefficient (Wildman–Crippen LogP) is 3.89. The molecule has 0 aliphatic rings. The summed E-state index contributed by atoms with van der Waals surface area (Å²) >= 11 is 0. The zero-order chi connectivity index (χ0) is 18.5. The molecule has 4 aromatic rings. The maximum atomic E-state index is 11.7. The van der Waals surface area contributed by atoms with E-state index in [1.54, 1.807) is 24.7 Å². The first-order valence-electron chi connectivity index (χ1n) is 8.04. The highest BCUT2D eigenvalue weighted by atomic mass is 32.3. The van der Waals surface area contributed by atoms with Gasteiger partial charge in [0.15, 0.2) is 4.90 Å². The second-order valence-electron chi connectivity index (χ2n) is 6.32. The van der Waals surface area contributed by atoms with Crippen molar-refractivity contribution < 1.29 is 13.3 Å². The van der Waals surface area contributed by atoms with Gasteiger partial charge in [-0.3, -0.25) is 0 Å². The van der Waals surface area contributed by atoms with Crippen LogP contribution in [0.4, 0.5) is 0 Å². The van der Waals surface area contributed by atoms with Crippen LogP contribution in [0.5, 0.6) is 0 Å². The summed E-state index contributed by atoms with van der Waals surface area (Å²) in [6, 6.07) is 8.92. The molecule has 26 heavy (non-hydrogen) atoms. The number of benzene rings is 1. The normalized spacial score (nSPS) is 13.8. The molecule has 1 unspecified atom stereocenters. The summed E-state index contributed by atoms with van der Waals surface area (Å²) in [5.41, 5.74) is 5.56. The zero-order valence-electron chi connectivity index (χ0n) is 14.6. The number of nitrogens with zero attached hydrogens (tertiary/aromatic N) is 3. The molecule has 3 aromatic heterocycles. The highest BCUT2D eigenvalue weighted by Gasteiger charge is 2.17. The molecule has 0 N–H and O–H groups in total. The van der Waals surface area contributed by atoms with Crippen LogP contribution in [0.2, 0.25) is 0 Å². The third kappa shape index (κ3) is 2.75. The van der Waals surface area contributed by atoms with Gasteiger partial charge in [0.2, 0.25) is 0 Å². The van der Waals surface area contributed by atoms with E-state index >= 15 is 0 Å². The fourth-order valence-corrected chi connectivity index (χ4v) is 3.78. The van der Waals surface area contributed by atoms with Crippen molar-refractivity contribution >= 4 is 15.7 Å². The smallest absolute Gasteiger partial charge is 0.155 e. The Balaban J connectivity index is 1.91. The summed E-state index contributed by atoms with van der Waals surface area (Å²) in [5.74, 6) is 0.746. The molecule has 0 fully saturated rings. The Morgan fingerprint density at radius 2 is 1.88 bits per heavy atom. The Morgan fingerprint density at radius 1 is 1.15 bits per heavy atom. The molecular weight excluding hydrogens is 350 g/mol. The SMILES string of the molecule is Cc1noc(C)c1-c1cc(-c2ccc([S+](C)(=O)[O-])cc2)cn2cncc12. The summed E-state index contributed by atoms with van der Waals surface area (Å²) in [5, 5.41) is 4.05. The van der Waals surface area contributed by atoms with E-state index in [4.69, 9.17) is 4.52 Å². The first-order valence-corrected chi connectivity index (χ1v) is 9.93. The molecule has 0 radical (unpaired) electrons. The van der Waals surface area contributed by atoms with E-state index in [1.165, 1.54) is 6.26 Å². The second kappa shape index (κ2) is 5.89. The van der Waals surface area contributed by atoms with Gasteiger partial charge in [0.25, 0.3) is 0 Å². The van der Waals surface area contributed by atoms with Crippen LogP contribution in [-0.4, -0.2) is 25.3 Å². The number of aryl methyl sites for hydroxylation is 2. The number of hydrogen-bond donors (Lipinski definition) is 0. The molecule has 6 nitrogen and oxygen atoms in total. The van der Waals surface area contributed by atoms with Gasteiger partial charge in [-0.05, 0) is 55.3 Å². The Bertz CT molecular complexity index is 1130. The van der Waals surface area contributed by atoms with Gasteiger partial charge in [-0.2, -0.15) is 0 Å². The van der Waals surface area contributed by atoms with E-state index in [-0.39, 0.29) is 0 Å². The molecule has 0 amide bonds. The lowest BCUT2D eigenvalue weighted by atomic mass is 9.99. The second-order valence-corrected chi connectivity index (χ2v) is 8.34. The van der Waals surface area contributed by atoms with E-state index < -0.39 is 10.2 Å². The van der Waals surface area contributed by atoms with Gasteiger partial charge in [-0.25, -0.2) is 4.98 Å². The van der Waals surface area contributed by atoms with Gasteiger partial charge >= 0.3 is 0 Å². The monoisotopic (exact) mass is 367 g/mol. The van der Waals surface area contributed by atoms with Gasteiger partial charge in [0, 0.05) is 17.3 Å². The molecule has 0 aliphatic carbocycles. The summed E-state index contributed by atoms with van der Waals surface area (Å²) in [6.45, 7) is 3.79. The Kier molecular flexibility index (Phi) is 3.78. The van der Waals surface area contributed by atoms with Crippen LogP contribution < -0.4 is 0 Å². The van der Waals surface area contributed by atoms with Crippen LogP contribution >= 0.6 is 0 Å². The van der Waals surface area contributed by atoms with Gasteiger partial charge in [-0.15, -0.1) is 4.21 Å². The highest BCUT2D eigenvalue weighted by Crippen LogP contribution is 2.34. The summed E-state index contributed by atoms with van der Waals surface area (Å²) in [7, 11) is -3.22. The largest absolute Gasteiger partial charge is 0.610 e. The minimum absolute atomic E-state index is 0.302. The molecule has 0 bridgehead atoms. The van der Waals surface area contributed by atoms with Crippen LogP contribution in [0.1, 0.15) is 11.5 Å². The highest BCUT2D eigenvalue weighted by molar-refractivity contribution is 7.97. The molecule has 4 rings (SSSR count). The molecule has 0 spiro atoms. The molecule has 1 aromatic carbocycles. The van der Waals surface area contributed by atoms with Gasteiger partial charge < -0.3 is 13.5 Å². The van der Waals surface area contributed by atoms with Crippen molar-refractivity contribution in [2.24, 2.45) is 0 Å². The number of aromatic nitrogens is 3. The van der Waals surface area contributed by atoms with Gasteiger partial charge in [0.05, 0.1) is 33.9 Å². The molecule has 0 aliphatic heterocycles. The van der Waals surface area contributed by atoms with Crippen LogP contribution in [0.3, 0.4) is 0 Å². The third-order valence-electron chi connectivity index (χ3n) is 4.44. The fourth-order valence-electron chi connectivity index (χ4n) is 3.15. The Hall–Kier alpha value is -2.77. The lowest BCUT2D eigenvalue weighted by Crippen LogP contribution is -2.06. The maximum Gasteiger partial charge on any atom is 0.155 e. The lowest BCUT2D eigenvalue weighted by molar-refractivity contribution is 0.393. The van der Waals surface area contributed by atoms with Crippen LogP contribution in [0.25, 0.3) is 27.8 Å². The van der Waals surface area contributed by atoms with Crippen LogP contribution in [0.15, 0.2) is 58.5 Å². The van der Waals surface area contributed by atoms with Crippen LogP contribution in [0, 0.1) is 13.8 Å².